The third-order valence-electron chi connectivity index (χ3n) is 10.3. The van der Waals surface area contributed by atoms with Crippen LogP contribution in [-0.2, 0) is 14.4 Å². The van der Waals surface area contributed by atoms with E-state index in [1.54, 1.807) is 6.92 Å². The first-order valence-electron chi connectivity index (χ1n) is 11.4. The molecule has 0 aliphatic heterocycles. The fourth-order valence-electron chi connectivity index (χ4n) is 8.66. The highest BCUT2D eigenvalue weighted by molar-refractivity contribution is 5.84. The summed E-state index contributed by atoms with van der Waals surface area (Å²) in [5.74, 6) is 2.25. The minimum atomic E-state index is -0.791. The zero-order chi connectivity index (χ0) is 20.3. The van der Waals surface area contributed by atoms with E-state index in [-0.39, 0.29) is 23.0 Å². The monoisotopic (exact) mass is 388 g/mol. The van der Waals surface area contributed by atoms with Gasteiger partial charge in [0.05, 0.1) is 0 Å². The van der Waals surface area contributed by atoms with Gasteiger partial charge in [-0.15, -0.1) is 0 Å². The van der Waals surface area contributed by atoms with Gasteiger partial charge in [0.1, 0.15) is 11.6 Å². The van der Waals surface area contributed by atoms with E-state index in [1.807, 2.05) is 0 Å². The van der Waals surface area contributed by atoms with E-state index in [9.17, 15) is 19.5 Å². The van der Waals surface area contributed by atoms with Crippen LogP contribution in [0.3, 0.4) is 0 Å². The van der Waals surface area contributed by atoms with Crippen molar-refractivity contribution in [2.24, 2.45) is 39.9 Å². The smallest absolute Gasteiger partial charge is 0.303 e. The third kappa shape index (κ3) is 2.65. The average molecular weight is 389 g/mol. The largest absolute Gasteiger partial charge is 0.481 e. The zero-order valence-corrected chi connectivity index (χ0v) is 17.8. The first kappa shape index (κ1) is 20.1. The fourth-order valence-corrected chi connectivity index (χ4v) is 8.66. The molecule has 0 saturated heterocycles. The number of rotatable bonds is 4. The van der Waals surface area contributed by atoms with Crippen LogP contribution >= 0.6 is 0 Å². The summed E-state index contributed by atoms with van der Waals surface area (Å²) >= 11 is 0. The second-order valence-corrected chi connectivity index (χ2v) is 10.9. The summed E-state index contributed by atoms with van der Waals surface area (Å²) in [7, 11) is 0. The van der Waals surface area contributed by atoms with Gasteiger partial charge >= 0.3 is 5.97 Å². The summed E-state index contributed by atoms with van der Waals surface area (Å²) in [6.45, 7) is 6.46. The lowest BCUT2D eigenvalue weighted by molar-refractivity contribution is -0.155. The molecule has 1 unspecified atom stereocenters. The maximum atomic E-state index is 12.9. The maximum Gasteiger partial charge on any atom is 0.303 e. The highest BCUT2D eigenvalue weighted by atomic mass is 16.4. The van der Waals surface area contributed by atoms with E-state index >= 15 is 0 Å². The van der Waals surface area contributed by atoms with Gasteiger partial charge in [0.15, 0.2) is 0 Å². The van der Waals surface area contributed by atoms with Crippen molar-refractivity contribution < 1.29 is 19.5 Å². The minimum absolute atomic E-state index is 0.0663. The number of carbonyl (C=O) groups excluding carboxylic acids is 2. The van der Waals surface area contributed by atoms with E-state index in [0.717, 1.165) is 51.4 Å². The number of carboxylic acid groups (broad SMARTS) is 1. The molecule has 0 spiro atoms. The maximum absolute atomic E-state index is 12.9. The molecule has 4 heteroatoms. The number of hydrogen-bond donors (Lipinski definition) is 1. The zero-order valence-electron chi connectivity index (χ0n) is 17.8. The lowest BCUT2D eigenvalue weighted by Gasteiger charge is -2.61. The Morgan fingerprint density at radius 2 is 1.75 bits per heavy atom. The number of ketones is 2. The van der Waals surface area contributed by atoms with Crippen molar-refractivity contribution in [3.63, 3.8) is 0 Å². The number of fused-ring (bicyclic) bond motifs is 5. The summed E-state index contributed by atoms with van der Waals surface area (Å²) in [6, 6.07) is 0. The van der Waals surface area contributed by atoms with E-state index in [4.69, 9.17) is 0 Å². The molecule has 4 aliphatic carbocycles. The molecule has 4 fully saturated rings. The summed E-state index contributed by atoms with van der Waals surface area (Å²) in [6.07, 6.45) is 9.59. The van der Waals surface area contributed by atoms with Crippen molar-refractivity contribution in [1.82, 2.24) is 0 Å². The van der Waals surface area contributed by atoms with Crippen molar-refractivity contribution in [2.75, 3.05) is 0 Å². The standard InChI is InChI=1S/C24H36O4/c1-15(25)24(13-9-21(27)28)12-8-20-18-5-4-16-14-17(26)6-10-22(16,2)19(18)7-11-23(20,24)3/h16,18-20H,4-14H2,1-3H3,(H,27,28)/t16?,18-,19+,20+,22+,23+,24+/m1/s1. The van der Waals surface area contributed by atoms with Crippen LogP contribution in [0, 0.1) is 39.9 Å². The summed E-state index contributed by atoms with van der Waals surface area (Å²) in [5.41, 5.74) is -0.245. The van der Waals surface area contributed by atoms with Crippen molar-refractivity contribution in [3.8, 4) is 0 Å². The Kier molecular flexibility index (Phi) is 4.79. The van der Waals surface area contributed by atoms with Gasteiger partial charge < -0.3 is 5.11 Å². The van der Waals surface area contributed by atoms with Crippen LogP contribution in [0.15, 0.2) is 0 Å². The van der Waals surface area contributed by atoms with Gasteiger partial charge in [0.25, 0.3) is 0 Å². The number of carboxylic acids is 1. The molecule has 0 aromatic heterocycles. The van der Waals surface area contributed by atoms with Crippen LogP contribution in [0.5, 0.6) is 0 Å². The molecular weight excluding hydrogens is 352 g/mol. The van der Waals surface area contributed by atoms with E-state index in [2.05, 4.69) is 13.8 Å². The highest BCUT2D eigenvalue weighted by Crippen LogP contribution is 2.71. The summed E-state index contributed by atoms with van der Waals surface area (Å²) < 4.78 is 0. The number of aliphatic carboxylic acids is 1. The second-order valence-electron chi connectivity index (χ2n) is 10.9. The van der Waals surface area contributed by atoms with Gasteiger partial charge in [-0.3, -0.25) is 14.4 Å². The molecule has 4 saturated carbocycles. The molecule has 0 aromatic carbocycles. The Bertz CT molecular complexity index is 699. The molecule has 7 atom stereocenters. The first-order valence-corrected chi connectivity index (χ1v) is 11.4. The van der Waals surface area contributed by atoms with Crippen LogP contribution in [0.4, 0.5) is 0 Å². The molecule has 156 valence electrons. The van der Waals surface area contributed by atoms with Gasteiger partial charge in [-0.1, -0.05) is 13.8 Å². The van der Waals surface area contributed by atoms with E-state index in [0.29, 0.717) is 35.9 Å². The molecule has 4 nitrogen and oxygen atoms in total. The van der Waals surface area contributed by atoms with Crippen molar-refractivity contribution in [3.05, 3.63) is 0 Å². The molecule has 1 N–H and O–H groups in total. The average Bonchev–Trinajstić information content (AvgIpc) is 2.94. The molecule has 4 aliphatic rings. The predicted octanol–water partition coefficient (Wildman–Crippen LogP) is 5.04. The van der Waals surface area contributed by atoms with Gasteiger partial charge in [-0.05, 0) is 92.8 Å². The Morgan fingerprint density at radius 3 is 2.43 bits per heavy atom. The van der Waals surface area contributed by atoms with Crippen LogP contribution in [0.1, 0.15) is 91.4 Å². The van der Waals surface area contributed by atoms with Crippen molar-refractivity contribution >= 4 is 17.5 Å². The third-order valence-corrected chi connectivity index (χ3v) is 10.3. The molecular formula is C24H36O4. The number of hydrogen-bond acceptors (Lipinski definition) is 3. The Labute approximate surface area is 168 Å². The van der Waals surface area contributed by atoms with Crippen LogP contribution in [-0.4, -0.2) is 22.6 Å². The van der Waals surface area contributed by atoms with Gasteiger partial charge in [0.2, 0.25) is 0 Å². The predicted molar refractivity (Wildman–Crippen MR) is 107 cm³/mol. The molecule has 28 heavy (non-hydrogen) atoms. The number of Topliss-reactive ketones (excluding diaryl/α,β-unsaturated/α-hetero) is 2. The van der Waals surface area contributed by atoms with E-state index in [1.165, 1.54) is 6.42 Å². The molecule has 0 amide bonds. The van der Waals surface area contributed by atoms with Gasteiger partial charge in [-0.25, -0.2) is 0 Å². The topological polar surface area (TPSA) is 71.4 Å². The summed E-state index contributed by atoms with van der Waals surface area (Å²) in [5, 5.41) is 9.28. The molecule has 0 radical (unpaired) electrons. The lowest BCUT2D eigenvalue weighted by Crippen LogP contribution is -2.56. The normalized spacial score (nSPS) is 47.8. The highest BCUT2D eigenvalue weighted by Gasteiger charge is 2.65. The fraction of sp³-hybridized carbons (Fsp3) is 0.875. The van der Waals surface area contributed by atoms with Gasteiger partial charge in [-0.2, -0.15) is 0 Å². The minimum Gasteiger partial charge on any atom is -0.481 e. The molecule has 4 rings (SSSR count). The second kappa shape index (κ2) is 6.67. The Morgan fingerprint density at radius 1 is 1.04 bits per heavy atom. The molecule has 0 heterocycles. The quantitative estimate of drug-likeness (QED) is 0.732. The SMILES string of the molecule is CC(=O)[C@@]1(CCC(=O)O)CC[C@H]2[C@@H]3CCC4CC(=O)CC[C@]4(C)[C@H]3CC[C@@]21C. The number of carbonyl (C=O) groups is 3. The Balaban J connectivity index is 1.64. The van der Waals surface area contributed by atoms with E-state index < -0.39 is 11.4 Å². The summed E-state index contributed by atoms with van der Waals surface area (Å²) in [4.78, 5) is 36.3. The molecule has 0 bridgehead atoms. The van der Waals surface area contributed by atoms with Crippen molar-refractivity contribution in [2.45, 2.75) is 91.4 Å². The van der Waals surface area contributed by atoms with Crippen LogP contribution in [0.2, 0.25) is 0 Å². The van der Waals surface area contributed by atoms with Crippen LogP contribution in [0.25, 0.3) is 0 Å². The van der Waals surface area contributed by atoms with Gasteiger partial charge in [0, 0.05) is 24.7 Å². The van der Waals surface area contributed by atoms with Crippen molar-refractivity contribution in [1.29, 1.82) is 0 Å². The Hall–Kier alpha value is -1.19. The molecule has 0 aromatic rings. The van der Waals surface area contributed by atoms with Crippen LogP contribution < -0.4 is 0 Å². The lowest BCUT2D eigenvalue weighted by atomic mass is 9.43. The first-order chi connectivity index (χ1) is 13.1.